The summed E-state index contributed by atoms with van der Waals surface area (Å²) in [6, 6.07) is 0. The van der Waals surface area contributed by atoms with E-state index in [0.29, 0.717) is 19.5 Å². The Kier molecular flexibility index (Phi) is 6.96. The standard InChI is InChI=1S/C18H32N6O2/c1-15-6-10-22(11-7-15)14-17-19-20-21-24(17)9-3-5-18(25)23-8-4-12-26-16(2)13-23/h15-16H,3-14H2,1-2H3. The summed E-state index contributed by atoms with van der Waals surface area (Å²) in [5.74, 6) is 1.94. The van der Waals surface area contributed by atoms with Crippen molar-refractivity contribution < 1.29 is 9.53 Å². The molecule has 26 heavy (non-hydrogen) atoms. The first-order chi connectivity index (χ1) is 12.6. The Bertz CT molecular complexity index is 570. The van der Waals surface area contributed by atoms with Gasteiger partial charge in [-0.15, -0.1) is 5.10 Å². The highest BCUT2D eigenvalue weighted by Crippen LogP contribution is 2.17. The number of carbonyl (C=O) groups excluding carboxylic acids is 1. The van der Waals surface area contributed by atoms with Crippen molar-refractivity contribution in [2.24, 2.45) is 5.92 Å². The Balaban J connectivity index is 1.43. The second-order valence-electron chi connectivity index (χ2n) is 7.76. The molecule has 0 bridgehead atoms. The van der Waals surface area contributed by atoms with Gasteiger partial charge in [0, 0.05) is 32.7 Å². The number of ether oxygens (including phenoxy) is 1. The predicted octanol–water partition coefficient (Wildman–Crippen LogP) is 1.32. The van der Waals surface area contributed by atoms with Gasteiger partial charge in [-0.3, -0.25) is 9.69 Å². The second-order valence-corrected chi connectivity index (χ2v) is 7.76. The molecule has 0 N–H and O–H groups in total. The van der Waals surface area contributed by atoms with E-state index in [2.05, 4.69) is 27.3 Å². The van der Waals surface area contributed by atoms with Crippen molar-refractivity contribution in [1.29, 1.82) is 0 Å². The average Bonchev–Trinajstić information content (AvgIpc) is 2.94. The summed E-state index contributed by atoms with van der Waals surface area (Å²) >= 11 is 0. The summed E-state index contributed by atoms with van der Waals surface area (Å²) in [5.41, 5.74) is 0. The molecule has 1 unspecified atom stereocenters. The number of rotatable bonds is 6. The van der Waals surface area contributed by atoms with E-state index in [0.717, 1.165) is 57.4 Å². The van der Waals surface area contributed by atoms with E-state index in [-0.39, 0.29) is 12.0 Å². The fourth-order valence-electron chi connectivity index (χ4n) is 3.69. The van der Waals surface area contributed by atoms with Crippen LogP contribution in [0.4, 0.5) is 0 Å². The van der Waals surface area contributed by atoms with Crippen molar-refractivity contribution in [1.82, 2.24) is 30.0 Å². The summed E-state index contributed by atoms with van der Waals surface area (Å²) < 4.78 is 7.47. The van der Waals surface area contributed by atoms with Gasteiger partial charge in [0.15, 0.2) is 5.82 Å². The summed E-state index contributed by atoms with van der Waals surface area (Å²) in [5, 5.41) is 12.1. The Morgan fingerprint density at radius 1 is 1.23 bits per heavy atom. The third-order valence-electron chi connectivity index (χ3n) is 5.41. The van der Waals surface area contributed by atoms with Gasteiger partial charge in [0.05, 0.1) is 12.6 Å². The van der Waals surface area contributed by atoms with Crippen LogP contribution in [0, 0.1) is 5.92 Å². The summed E-state index contributed by atoms with van der Waals surface area (Å²) in [4.78, 5) is 16.8. The number of likely N-dealkylation sites (tertiary alicyclic amines) is 1. The van der Waals surface area contributed by atoms with Crippen molar-refractivity contribution in [3.63, 3.8) is 0 Å². The van der Waals surface area contributed by atoms with Gasteiger partial charge < -0.3 is 9.64 Å². The third-order valence-corrected chi connectivity index (χ3v) is 5.41. The first kappa shape index (κ1) is 19.2. The number of nitrogens with zero attached hydrogens (tertiary/aromatic N) is 6. The topological polar surface area (TPSA) is 76.4 Å². The first-order valence-corrected chi connectivity index (χ1v) is 9.98. The molecule has 1 aromatic rings. The van der Waals surface area contributed by atoms with Crippen molar-refractivity contribution >= 4 is 5.91 Å². The molecule has 0 aliphatic carbocycles. The molecule has 2 saturated heterocycles. The Morgan fingerprint density at radius 2 is 2.04 bits per heavy atom. The lowest BCUT2D eigenvalue weighted by Gasteiger charge is -2.29. The highest BCUT2D eigenvalue weighted by Gasteiger charge is 2.21. The number of tetrazole rings is 1. The van der Waals surface area contributed by atoms with E-state index < -0.39 is 0 Å². The number of aromatic nitrogens is 4. The monoisotopic (exact) mass is 364 g/mol. The lowest BCUT2D eigenvalue weighted by molar-refractivity contribution is -0.132. The minimum absolute atomic E-state index is 0.125. The zero-order valence-corrected chi connectivity index (χ0v) is 16.1. The van der Waals surface area contributed by atoms with Crippen LogP contribution < -0.4 is 0 Å². The molecular weight excluding hydrogens is 332 g/mol. The molecule has 3 heterocycles. The molecule has 1 atom stereocenters. The molecular formula is C18H32N6O2. The van der Waals surface area contributed by atoms with Gasteiger partial charge in [0.1, 0.15) is 0 Å². The number of hydrogen-bond acceptors (Lipinski definition) is 6. The van der Waals surface area contributed by atoms with Crippen molar-refractivity contribution in [2.75, 3.05) is 32.8 Å². The maximum atomic E-state index is 12.5. The number of hydrogen-bond donors (Lipinski definition) is 0. The quantitative estimate of drug-likeness (QED) is 0.758. The molecule has 146 valence electrons. The third kappa shape index (κ3) is 5.48. The molecule has 0 aromatic carbocycles. The fraction of sp³-hybridized carbons (Fsp3) is 0.889. The molecule has 0 saturated carbocycles. The number of amides is 1. The lowest BCUT2D eigenvalue weighted by Crippen LogP contribution is -2.36. The maximum Gasteiger partial charge on any atom is 0.222 e. The zero-order chi connectivity index (χ0) is 18.4. The van der Waals surface area contributed by atoms with E-state index in [9.17, 15) is 4.79 Å². The number of aryl methyl sites for hydroxylation is 1. The van der Waals surface area contributed by atoms with Gasteiger partial charge in [-0.1, -0.05) is 6.92 Å². The summed E-state index contributed by atoms with van der Waals surface area (Å²) in [7, 11) is 0. The molecule has 0 spiro atoms. The van der Waals surface area contributed by atoms with Crippen LogP contribution in [0.1, 0.15) is 51.8 Å². The van der Waals surface area contributed by atoms with Crippen molar-refractivity contribution in [2.45, 2.75) is 65.1 Å². The molecule has 1 amide bonds. The summed E-state index contributed by atoms with van der Waals surface area (Å²) in [6.07, 6.45) is 4.83. The molecule has 2 aliphatic rings. The van der Waals surface area contributed by atoms with Crippen LogP contribution in [0.15, 0.2) is 0 Å². The van der Waals surface area contributed by atoms with Crippen LogP contribution in [0.5, 0.6) is 0 Å². The lowest BCUT2D eigenvalue weighted by atomic mass is 9.99. The largest absolute Gasteiger partial charge is 0.377 e. The van der Waals surface area contributed by atoms with Crippen LogP contribution >= 0.6 is 0 Å². The molecule has 2 fully saturated rings. The minimum atomic E-state index is 0.125. The van der Waals surface area contributed by atoms with E-state index in [1.807, 2.05) is 16.5 Å². The van der Waals surface area contributed by atoms with E-state index in [1.54, 1.807) is 0 Å². The second kappa shape index (κ2) is 9.41. The van der Waals surface area contributed by atoms with Crippen LogP contribution in [-0.2, 0) is 22.6 Å². The Hall–Kier alpha value is -1.54. The van der Waals surface area contributed by atoms with Gasteiger partial charge in [-0.05, 0) is 62.0 Å². The van der Waals surface area contributed by atoms with Gasteiger partial charge in [-0.2, -0.15) is 0 Å². The van der Waals surface area contributed by atoms with Gasteiger partial charge in [-0.25, -0.2) is 4.68 Å². The van der Waals surface area contributed by atoms with Crippen LogP contribution in [-0.4, -0.2) is 74.8 Å². The van der Waals surface area contributed by atoms with Crippen molar-refractivity contribution in [3.8, 4) is 0 Å². The molecule has 1 aromatic heterocycles. The molecule has 0 radical (unpaired) electrons. The van der Waals surface area contributed by atoms with Crippen LogP contribution in [0.2, 0.25) is 0 Å². The van der Waals surface area contributed by atoms with Crippen molar-refractivity contribution in [3.05, 3.63) is 5.82 Å². The predicted molar refractivity (Wildman–Crippen MR) is 97.3 cm³/mol. The van der Waals surface area contributed by atoms with Crippen LogP contribution in [0.3, 0.4) is 0 Å². The maximum absolute atomic E-state index is 12.5. The first-order valence-electron chi connectivity index (χ1n) is 9.98. The molecule has 2 aliphatic heterocycles. The van der Waals surface area contributed by atoms with Gasteiger partial charge >= 0.3 is 0 Å². The zero-order valence-electron chi connectivity index (χ0n) is 16.1. The highest BCUT2D eigenvalue weighted by atomic mass is 16.5. The minimum Gasteiger partial charge on any atom is -0.377 e. The van der Waals surface area contributed by atoms with E-state index >= 15 is 0 Å². The Labute approximate surface area is 155 Å². The number of carbonyl (C=O) groups is 1. The van der Waals surface area contributed by atoms with E-state index in [1.165, 1.54) is 12.8 Å². The highest BCUT2D eigenvalue weighted by molar-refractivity contribution is 5.76. The van der Waals surface area contributed by atoms with Gasteiger partial charge in [0.2, 0.25) is 5.91 Å². The molecule has 8 heteroatoms. The fourth-order valence-corrected chi connectivity index (χ4v) is 3.69. The smallest absolute Gasteiger partial charge is 0.222 e. The SMILES string of the molecule is CC1CCN(Cc2nnnn2CCCC(=O)N2CCCOC(C)C2)CC1. The number of piperidine rings is 1. The van der Waals surface area contributed by atoms with Crippen LogP contribution in [0.25, 0.3) is 0 Å². The molecule has 3 rings (SSSR count). The van der Waals surface area contributed by atoms with E-state index in [4.69, 9.17) is 4.74 Å². The van der Waals surface area contributed by atoms with Gasteiger partial charge in [0.25, 0.3) is 0 Å². The Morgan fingerprint density at radius 3 is 2.85 bits per heavy atom. The average molecular weight is 364 g/mol. The normalized spacial score (nSPS) is 23.2. The summed E-state index contributed by atoms with van der Waals surface area (Å²) in [6.45, 7) is 10.3. The molecule has 8 nitrogen and oxygen atoms in total.